The number of aryl methyl sites for hydroxylation is 1. The smallest absolute Gasteiger partial charge is 0.293 e. The average molecular weight is 251 g/mol. The van der Waals surface area contributed by atoms with Crippen molar-refractivity contribution in [2.75, 3.05) is 13.1 Å². The molecule has 18 heavy (non-hydrogen) atoms. The lowest BCUT2D eigenvalue weighted by Crippen LogP contribution is -2.44. The fourth-order valence-corrected chi connectivity index (χ4v) is 2.31. The van der Waals surface area contributed by atoms with Crippen LogP contribution in [0.2, 0.25) is 0 Å². The van der Waals surface area contributed by atoms with Crippen LogP contribution in [-0.2, 0) is 0 Å². The van der Waals surface area contributed by atoms with E-state index in [2.05, 4.69) is 10.5 Å². The number of hydrogen-bond acceptors (Lipinski definition) is 4. The summed E-state index contributed by atoms with van der Waals surface area (Å²) in [5, 5.41) is 7.09. The summed E-state index contributed by atoms with van der Waals surface area (Å²) in [5.41, 5.74) is 0.796. The third kappa shape index (κ3) is 2.72. The van der Waals surface area contributed by atoms with Crippen molar-refractivity contribution in [2.45, 2.75) is 45.7 Å². The van der Waals surface area contributed by atoms with Crippen LogP contribution in [-0.4, -0.2) is 41.1 Å². The van der Waals surface area contributed by atoms with Gasteiger partial charge in [-0.3, -0.25) is 4.79 Å². The van der Waals surface area contributed by atoms with Crippen molar-refractivity contribution in [2.24, 2.45) is 0 Å². The number of rotatable bonds is 4. The maximum atomic E-state index is 12.4. The second-order valence-corrected chi connectivity index (χ2v) is 5.18. The number of amides is 1. The second kappa shape index (κ2) is 5.52. The predicted octanol–water partition coefficient (Wildman–Crippen LogP) is 1.59. The van der Waals surface area contributed by atoms with Crippen molar-refractivity contribution in [1.82, 2.24) is 15.4 Å². The lowest BCUT2D eigenvalue weighted by atomic mass is 10.1. The Kier molecular flexibility index (Phi) is 4.01. The van der Waals surface area contributed by atoms with Crippen molar-refractivity contribution >= 4 is 5.91 Å². The molecule has 1 aromatic heterocycles. The van der Waals surface area contributed by atoms with E-state index in [0.717, 1.165) is 25.1 Å². The Balaban J connectivity index is 2.09. The Hall–Kier alpha value is -1.36. The van der Waals surface area contributed by atoms with E-state index >= 15 is 0 Å². The maximum Gasteiger partial charge on any atom is 0.293 e. The van der Waals surface area contributed by atoms with Crippen molar-refractivity contribution in [3.63, 3.8) is 0 Å². The summed E-state index contributed by atoms with van der Waals surface area (Å²) in [4.78, 5) is 14.3. The number of hydrogen-bond donors (Lipinski definition) is 1. The first-order valence-electron chi connectivity index (χ1n) is 6.55. The molecule has 1 fully saturated rings. The number of carbonyl (C=O) groups excluding carboxylic acids is 1. The maximum absolute atomic E-state index is 12.4. The zero-order chi connectivity index (χ0) is 13.1. The highest BCUT2D eigenvalue weighted by Gasteiger charge is 2.27. The first kappa shape index (κ1) is 13.1. The van der Waals surface area contributed by atoms with Crippen LogP contribution in [0.4, 0.5) is 0 Å². The molecule has 2 heterocycles. The highest BCUT2D eigenvalue weighted by Crippen LogP contribution is 2.15. The lowest BCUT2D eigenvalue weighted by Gasteiger charge is -2.28. The first-order valence-corrected chi connectivity index (χ1v) is 6.55. The molecule has 5 nitrogen and oxygen atoms in total. The van der Waals surface area contributed by atoms with Gasteiger partial charge in [0, 0.05) is 24.2 Å². The summed E-state index contributed by atoms with van der Waals surface area (Å²) in [6.45, 7) is 7.68. The molecule has 1 aliphatic heterocycles. The predicted molar refractivity (Wildman–Crippen MR) is 68.4 cm³/mol. The highest BCUT2D eigenvalue weighted by atomic mass is 16.5. The van der Waals surface area contributed by atoms with Crippen LogP contribution in [0.3, 0.4) is 0 Å². The Bertz CT molecular complexity index is 408. The number of carbonyl (C=O) groups is 1. The summed E-state index contributed by atoms with van der Waals surface area (Å²) in [7, 11) is 0. The van der Waals surface area contributed by atoms with Gasteiger partial charge in [0.05, 0.1) is 6.20 Å². The van der Waals surface area contributed by atoms with E-state index in [9.17, 15) is 4.79 Å². The van der Waals surface area contributed by atoms with Gasteiger partial charge in [-0.25, -0.2) is 0 Å². The van der Waals surface area contributed by atoms with Gasteiger partial charge in [-0.05, 0) is 40.2 Å². The molecule has 1 aromatic rings. The molecular formula is C13H21N3O2. The molecule has 100 valence electrons. The molecule has 1 atom stereocenters. The second-order valence-electron chi connectivity index (χ2n) is 5.18. The molecular weight excluding hydrogens is 230 g/mol. The van der Waals surface area contributed by atoms with Crippen LogP contribution < -0.4 is 5.32 Å². The summed E-state index contributed by atoms with van der Waals surface area (Å²) in [5.74, 6) is 0.301. The number of nitrogens with one attached hydrogen (secondary N) is 1. The first-order chi connectivity index (χ1) is 8.59. The summed E-state index contributed by atoms with van der Waals surface area (Å²) < 4.78 is 5.06. The molecule has 1 saturated heterocycles. The molecule has 1 amide bonds. The fourth-order valence-electron chi connectivity index (χ4n) is 2.31. The van der Waals surface area contributed by atoms with Gasteiger partial charge in [0.25, 0.3) is 5.91 Å². The van der Waals surface area contributed by atoms with Gasteiger partial charge in [0.1, 0.15) is 0 Å². The molecule has 0 spiro atoms. The van der Waals surface area contributed by atoms with E-state index in [1.165, 1.54) is 6.42 Å². The van der Waals surface area contributed by atoms with E-state index in [0.29, 0.717) is 11.8 Å². The monoisotopic (exact) mass is 251 g/mol. The van der Waals surface area contributed by atoms with E-state index < -0.39 is 0 Å². The largest absolute Gasteiger partial charge is 0.351 e. The molecule has 1 N–H and O–H groups in total. The fraction of sp³-hybridized carbons (Fsp3) is 0.692. The molecule has 2 rings (SSSR count). The Morgan fingerprint density at radius 3 is 2.94 bits per heavy atom. The molecule has 0 bridgehead atoms. The summed E-state index contributed by atoms with van der Waals surface area (Å²) in [6.07, 6.45) is 3.90. The minimum atomic E-state index is -0.0614. The van der Waals surface area contributed by atoms with Crippen LogP contribution in [0.15, 0.2) is 10.7 Å². The summed E-state index contributed by atoms with van der Waals surface area (Å²) >= 11 is 0. The topological polar surface area (TPSA) is 58.4 Å². The van der Waals surface area contributed by atoms with Gasteiger partial charge in [-0.2, -0.15) is 0 Å². The molecule has 0 saturated carbocycles. The van der Waals surface area contributed by atoms with Gasteiger partial charge >= 0.3 is 0 Å². The minimum Gasteiger partial charge on any atom is -0.351 e. The van der Waals surface area contributed by atoms with Crippen molar-refractivity contribution in [1.29, 1.82) is 0 Å². The van der Waals surface area contributed by atoms with Gasteiger partial charge < -0.3 is 14.7 Å². The van der Waals surface area contributed by atoms with Crippen LogP contribution in [0.25, 0.3) is 0 Å². The Labute approximate surface area is 108 Å². The molecule has 1 unspecified atom stereocenters. The summed E-state index contributed by atoms with van der Waals surface area (Å²) in [6, 6.07) is 0.559. The molecule has 0 aromatic carbocycles. The lowest BCUT2D eigenvalue weighted by molar-refractivity contribution is 0.0645. The minimum absolute atomic E-state index is 0.0614. The van der Waals surface area contributed by atoms with Crippen LogP contribution >= 0.6 is 0 Å². The van der Waals surface area contributed by atoms with E-state index in [4.69, 9.17) is 4.52 Å². The molecule has 5 heteroatoms. The van der Waals surface area contributed by atoms with Crippen molar-refractivity contribution in [3.8, 4) is 0 Å². The van der Waals surface area contributed by atoms with Gasteiger partial charge in [0.15, 0.2) is 0 Å². The number of aromatic nitrogens is 1. The van der Waals surface area contributed by atoms with Crippen LogP contribution in [0.1, 0.15) is 42.8 Å². The third-order valence-electron chi connectivity index (χ3n) is 3.41. The highest BCUT2D eigenvalue weighted by molar-refractivity contribution is 5.92. The van der Waals surface area contributed by atoms with Crippen LogP contribution in [0.5, 0.6) is 0 Å². The van der Waals surface area contributed by atoms with Crippen molar-refractivity contribution < 1.29 is 9.32 Å². The van der Waals surface area contributed by atoms with Gasteiger partial charge in [0.2, 0.25) is 5.76 Å². The Morgan fingerprint density at radius 2 is 2.44 bits per heavy atom. The van der Waals surface area contributed by atoms with Crippen molar-refractivity contribution in [3.05, 3.63) is 17.5 Å². The SMILES string of the molecule is Cc1cnoc1C(=O)N(CC1CCCN1)C(C)C. The number of nitrogens with zero attached hydrogens (tertiary/aromatic N) is 2. The average Bonchev–Trinajstić information content (AvgIpc) is 2.95. The van der Waals surface area contributed by atoms with E-state index in [1.807, 2.05) is 25.7 Å². The quantitative estimate of drug-likeness (QED) is 0.882. The molecule has 0 aliphatic carbocycles. The molecule has 1 aliphatic rings. The molecule has 0 radical (unpaired) electrons. The zero-order valence-electron chi connectivity index (χ0n) is 11.3. The zero-order valence-corrected chi connectivity index (χ0v) is 11.3. The van der Waals surface area contributed by atoms with E-state index in [-0.39, 0.29) is 11.9 Å². The van der Waals surface area contributed by atoms with E-state index in [1.54, 1.807) is 6.20 Å². The normalized spacial score (nSPS) is 19.4. The Morgan fingerprint density at radius 1 is 1.67 bits per heavy atom. The van der Waals surface area contributed by atoms with Gasteiger partial charge in [-0.1, -0.05) is 5.16 Å². The van der Waals surface area contributed by atoms with Crippen LogP contribution in [0, 0.1) is 6.92 Å². The standard InChI is InChI=1S/C13H21N3O2/c1-9(2)16(8-11-5-4-6-14-11)13(17)12-10(3)7-15-18-12/h7,9,11,14H,4-6,8H2,1-3H3. The third-order valence-corrected chi connectivity index (χ3v) is 3.41. The van der Waals surface area contributed by atoms with Gasteiger partial charge in [-0.15, -0.1) is 0 Å².